The standard InChI is InChI=1S/C23H17N5O3/c1-3-14-5-4-6-15(11-14)26-23-27-18-12-16(7-8-20(18)28(23)2)31-17-9-10-25-19(13-17)21(29)22(24)30/h1,4-13H,2H3,(H2,24,30)(H,26,27). The van der Waals surface area contributed by atoms with Gasteiger partial charge in [-0.2, -0.15) is 0 Å². The highest BCUT2D eigenvalue weighted by Gasteiger charge is 2.15. The SMILES string of the molecule is C#Cc1cccc(Nc2nc3cc(Oc4ccnc(C(=O)C(N)=O)c4)ccc3n2C)c1. The van der Waals surface area contributed by atoms with Gasteiger partial charge in [0.15, 0.2) is 0 Å². The molecule has 2 heterocycles. The number of imidazole rings is 1. The van der Waals surface area contributed by atoms with E-state index in [1.807, 2.05) is 41.9 Å². The molecule has 0 radical (unpaired) electrons. The molecule has 1 amide bonds. The van der Waals surface area contributed by atoms with Crippen LogP contribution in [0.1, 0.15) is 16.1 Å². The van der Waals surface area contributed by atoms with Gasteiger partial charge in [0.2, 0.25) is 5.95 Å². The average molecular weight is 411 g/mol. The monoisotopic (exact) mass is 411 g/mol. The van der Waals surface area contributed by atoms with E-state index in [-0.39, 0.29) is 5.69 Å². The van der Waals surface area contributed by atoms with E-state index in [1.165, 1.54) is 12.3 Å². The van der Waals surface area contributed by atoms with Crippen LogP contribution in [0.3, 0.4) is 0 Å². The van der Waals surface area contributed by atoms with Crippen molar-refractivity contribution in [2.45, 2.75) is 0 Å². The van der Waals surface area contributed by atoms with Crippen molar-refractivity contribution in [3.8, 4) is 23.8 Å². The molecule has 31 heavy (non-hydrogen) atoms. The third-order valence-electron chi connectivity index (χ3n) is 4.56. The lowest BCUT2D eigenvalue weighted by molar-refractivity contribution is -0.114. The number of aryl methyl sites for hydroxylation is 1. The van der Waals surface area contributed by atoms with Crippen LogP contribution >= 0.6 is 0 Å². The number of carbonyl (C=O) groups excluding carboxylic acids is 2. The molecular formula is C23H17N5O3. The maximum atomic E-state index is 11.7. The van der Waals surface area contributed by atoms with Crippen LogP contribution in [0.15, 0.2) is 60.8 Å². The Labute approximate surface area is 177 Å². The zero-order valence-electron chi connectivity index (χ0n) is 16.5. The minimum atomic E-state index is -1.08. The summed E-state index contributed by atoms with van der Waals surface area (Å²) in [6, 6.07) is 15.9. The second-order valence-electron chi connectivity index (χ2n) is 6.67. The third kappa shape index (κ3) is 4.06. The van der Waals surface area contributed by atoms with Crippen LogP contribution in [-0.4, -0.2) is 26.2 Å². The summed E-state index contributed by atoms with van der Waals surface area (Å²) in [5.74, 6) is 2.15. The summed E-state index contributed by atoms with van der Waals surface area (Å²) in [6.45, 7) is 0. The number of aromatic nitrogens is 3. The summed E-state index contributed by atoms with van der Waals surface area (Å²) in [5, 5.41) is 3.26. The van der Waals surface area contributed by atoms with Crippen molar-refractivity contribution in [1.82, 2.24) is 14.5 Å². The molecule has 4 rings (SSSR count). The topological polar surface area (TPSA) is 112 Å². The Morgan fingerprint density at radius 2 is 1.94 bits per heavy atom. The predicted octanol–water partition coefficient (Wildman–Crippen LogP) is 3.15. The first-order valence-corrected chi connectivity index (χ1v) is 9.23. The number of ether oxygens (including phenoxy) is 1. The maximum absolute atomic E-state index is 11.7. The number of rotatable bonds is 6. The zero-order chi connectivity index (χ0) is 22.0. The van der Waals surface area contributed by atoms with E-state index in [0.717, 1.165) is 16.8 Å². The summed E-state index contributed by atoms with van der Waals surface area (Å²) >= 11 is 0. The average Bonchev–Trinajstić information content (AvgIpc) is 3.08. The molecule has 3 N–H and O–H groups in total. The molecule has 0 saturated carbocycles. The van der Waals surface area contributed by atoms with E-state index in [4.69, 9.17) is 16.9 Å². The molecule has 152 valence electrons. The molecule has 0 aliphatic heterocycles. The summed E-state index contributed by atoms with van der Waals surface area (Å²) < 4.78 is 7.73. The molecule has 0 aliphatic carbocycles. The lowest BCUT2D eigenvalue weighted by Gasteiger charge is -2.07. The number of hydrogen-bond donors (Lipinski definition) is 2. The Morgan fingerprint density at radius 1 is 1.13 bits per heavy atom. The molecule has 8 heteroatoms. The minimum absolute atomic E-state index is 0.0791. The van der Waals surface area contributed by atoms with Crippen LogP contribution in [0.4, 0.5) is 11.6 Å². The fraction of sp³-hybridized carbons (Fsp3) is 0.0435. The van der Waals surface area contributed by atoms with Gasteiger partial charge in [0.1, 0.15) is 17.2 Å². The molecule has 0 fully saturated rings. The first-order chi connectivity index (χ1) is 14.9. The number of nitrogens with two attached hydrogens (primary N) is 1. The Balaban J connectivity index is 1.60. The highest BCUT2D eigenvalue weighted by Crippen LogP contribution is 2.28. The van der Waals surface area contributed by atoms with Gasteiger partial charge in [-0.25, -0.2) is 4.98 Å². The largest absolute Gasteiger partial charge is 0.457 e. The number of benzene rings is 2. The highest BCUT2D eigenvalue weighted by molar-refractivity contribution is 6.41. The van der Waals surface area contributed by atoms with Gasteiger partial charge in [-0.3, -0.25) is 14.6 Å². The first kappa shape index (κ1) is 19.7. The van der Waals surface area contributed by atoms with E-state index in [9.17, 15) is 9.59 Å². The van der Waals surface area contributed by atoms with Gasteiger partial charge in [0.25, 0.3) is 11.7 Å². The van der Waals surface area contributed by atoms with Crippen LogP contribution in [-0.2, 0) is 11.8 Å². The van der Waals surface area contributed by atoms with Crippen LogP contribution < -0.4 is 15.8 Å². The molecule has 0 aliphatic rings. The Hall–Kier alpha value is -4.64. The molecule has 2 aromatic carbocycles. The first-order valence-electron chi connectivity index (χ1n) is 9.23. The quantitative estimate of drug-likeness (QED) is 0.286. The number of amides is 1. The number of Topliss-reactive ketones (excluding diaryl/α,β-unsaturated/α-hetero) is 1. The van der Waals surface area contributed by atoms with E-state index < -0.39 is 11.7 Å². The van der Waals surface area contributed by atoms with Crippen molar-refractivity contribution in [1.29, 1.82) is 0 Å². The molecule has 0 spiro atoms. The van der Waals surface area contributed by atoms with Crippen molar-refractivity contribution >= 4 is 34.4 Å². The minimum Gasteiger partial charge on any atom is -0.457 e. The van der Waals surface area contributed by atoms with E-state index >= 15 is 0 Å². The number of carbonyl (C=O) groups is 2. The molecule has 2 aromatic heterocycles. The van der Waals surface area contributed by atoms with Crippen molar-refractivity contribution in [3.05, 3.63) is 72.1 Å². The van der Waals surface area contributed by atoms with Crippen molar-refractivity contribution < 1.29 is 14.3 Å². The molecule has 0 atom stereocenters. The van der Waals surface area contributed by atoms with Crippen LogP contribution in [0.5, 0.6) is 11.5 Å². The lowest BCUT2D eigenvalue weighted by Crippen LogP contribution is -2.23. The second kappa shape index (κ2) is 8.00. The number of pyridine rings is 1. The van der Waals surface area contributed by atoms with Gasteiger partial charge in [-0.05, 0) is 36.4 Å². The maximum Gasteiger partial charge on any atom is 0.291 e. The number of primary amides is 1. The third-order valence-corrected chi connectivity index (χ3v) is 4.56. The van der Waals surface area contributed by atoms with Gasteiger partial charge in [0.05, 0.1) is 11.0 Å². The smallest absolute Gasteiger partial charge is 0.291 e. The van der Waals surface area contributed by atoms with Crippen molar-refractivity contribution in [2.75, 3.05) is 5.32 Å². The Bertz CT molecular complexity index is 1370. The number of fused-ring (bicyclic) bond motifs is 1. The summed E-state index contributed by atoms with van der Waals surface area (Å²) in [7, 11) is 1.90. The normalized spacial score (nSPS) is 10.5. The summed E-state index contributed by atoms with van der Waals surface area (Å²) in [5.41, 5.74) is 8.14. The number of terminal acetylenes is 1. The van der Waals surface area contributed by atoms with E-state index in [2.05, 4.69) is 21.2 Å². The molecule has 0 unspecified atom stereocenters. The van der Waals surface area contributed by atoms with Gasteiger partial charge >= 0.3 is 0 Å². The van der Waals surface area contributed by atoms with Gasteiger partial charge < -0.3 is 20.4 Å². The molecular weight excluding hydrogens is 394 g/mol. The van der Waals surface area contributed by atoms with Crippen molar-refractivity contribution in [2.24, 2.45) is 12.8 Å². The highest BCUT2D eigenvalue weighted by atomic mass is 16.5. The van der Waals surface area contributed by atoms with Crippen LogP contribution in [0.25, 0.3) is 11.0 Å². The number of nitrogens with one attached hydrogen (secondary N) is 1. The molecule has 0 saturated heterocycles. The Morgan fingerprint density at radius 3 is 2.71 bits per heavy atom. The fourth-order valence-corrected chi connectivity index (χ4v) is 3.03. The zero-order valence-corrected chi connectivity index (χ0v) is 16.5. The van der Waals surface area contributed by atoms with E-state index in [1.54, 1.807) is 18.2 Å². The molecule has 8 nitrogen and oxygen atoms in total. The molecule has 0 bridgehead atoms. The summed E-state index contributed by atoms with van der Waals surface area (Å²) in [4.78, 5) is 31.3. The van der Waals surface area contributed by atoms with Crippen molar-refractivity contribution in [3.63, 3.8) is 0 Å². The summed E-state index contributed by atoms with van der Waals surface area (Å²) in [6.07, 6.45) is 6.84. The Kier molecular flexibility index (Phi) is 5.08. The van der Waals surface area contributed by atoms with Gasteiger partial charge in [0, 0.05) is 36.6 Å². The van der Waals surface area contributed by atoms with Crippen LogP contribution in [0, 0.1) is 12.3 Å². The van der Waals surface area contributed by atoms with Gasteiger partial charge in [-0.15, -0.1) is 6.42 Å². The number of nitrogens with zero attached hydrogens (tertiary/aromatic N) is 3. The van der Waals surface area contributed by atoms with Crippen LogP contribution in [0.2, 0.25) is 0 Å². The number of anilines is 2. The lowest BCUT2D eigenvalue weighted by atomic mass is 10.2. The number of ketones is 1. The molecule has 4 aromatic rings. The predicted molar refractivity (Wildman–Crippen MR) is 116 cm³/mol. The second-order valence-corrected chi connectivity index (χ2v) is 6.67. The van der Waals surface area contributed by atoms with Gasteiger partial charge in [-0.1, -0.05) is 12.0 Å². The fourth-order valence-electron chi connectivity index (χ4n) is 3.03. The number of hydrogen-bond acceptors (Lipinski definition) is 6. The van der Waals surface area contributed by atoms with E-state index in [0.29, 0.717) is 23.0 Å².